The zero-order chi connectivity index (χ0) is 18.0. The van der Waals surface area contributed by atoms with Crippen LogP contribution in [-0.4, -0.2) is 37.9 Å². The fourth-order valence-corrected chi connectivity index (χ4v) is 5.38. The third-order valence-electron chi connectivity index (χ3n) is 4.76. The zero-order valence-corrected chi connectivity index (χ0v) is 15.9. The van der Waals surface area contributed by atoms with Gasteiger partial charge in [0.05, 0.1) is 5.75 Å². The second-order valence-corrected chi connectivity index (χ2v) is 8.97. The highest BCUT2D eigenvalue weighted by atomic mass is 32.2. The summed E-state index contributed by atoms with van der Waals surface area (Å²) in [4.78, 5) is 2.32. The maximum absolute atomic E-state index is 12.9. The minimum Gasteiger partial charge on any atom is -0.363 e. The molecule has 25 heavy (non-hydrogen) atoms. The minimum atomic E-state index is -3.32. The summed E-state index contributed by atoms with van der Waals surface area (Å²) in [5.74, 6) is 0.0689. The first-order chi connectivity index (χ1) is 11.9. The minimum absolute atomic E-state index is 0.0689. The lowest BCUT2D eigenvalue weighted by Gasteiger charge is -2.45. The van der Waals surface area contributed by atoms with Gasteiger partial charge in [-0.1, -0.05) is 48.0 Å². The molecule has 134 valence electrons. The van der Waals surface area contributed by atoms with Crippen molar-refractivity contribution in [3.63, 3.8) is 0 Å². The standard InChI is InChI=1S/C20H26N2O2S/c1-16-8-7-9-19(12-16)15-25(23,24)21-13-17(2)22(18(3)14-21)20-10-5-4-6-11-20/h4-12,17-18H,13-15H2,1-3H3. The predicted octanol–water partition coefficient (Wildman–Crippen LogP) is 3.42. The summed E-state index contributed by atoms with van der Waals surface area (Å²) < 4.78 is 27.5. The van der Waals surface area contributed by atoms with E-state index in [1.54, 1.807) is 4.31 Å². The number of aryl methyl sites for hydroxylation is 1. The second kappa shape index (κ2) is 7.18. The number of sulfonamides is 1. The van der Waals surface area contributed by atoms with E-state index in [0.29, 0.717) is 13.1 Å². The van der Waals surface area contributed by atoms with Gasteiger partial charge in [0.2, 0.25) is 10.0 Å². The Morgan fingerprint density at radius 2 is 1.60 bits per heavy atom. The molecule has 5 heteroatoms. The van der Waals surface area contributed by atoms with Gasteiger partial charge < -0.3 is 4.90 Å². The molecule has 0 amide bonds. The van der Waals surface area contributed by atoms with E-state index in [1.807, 2.05) is 49.4 Å². The van der Waals surface area contributed by atoms with Crippen molar-refractivity contribution < 1.29 is 8.42 Å². The summed E-state index contributed by atoms with van der Waals surface area (Å²) in [6.07, 6.45) is 0. The topological polar surface area (TPSA) is 40.6 Å². The summed E-state index contributed by atoms with van der Waals surface area (Å²) in [7, 11) is -3.32. The van der Waals surface area contributed by atoms with E-state index in [9.17, 15) is 8.42 Å². The largest absolute Gasteiger partial charge is 0.363 e. The van der Waals surface area contributed by atoms with Gasteiger partial charge in [-0.05, 0) is 38.5 Å². The molecule has 2 unspecified atom stereocenters. The maximum Gasteiger partial charge on any atom is 0.218 e. The summed E-state index contributed by atoms with van der Waals surface area (Å²) in [6, 6.07) is 18.2. The van der Waals surface area contributed by atoms with Gasteiger partial charge in [-0.25, -0.2) is 8.42 Å². The van der Waals surface area contributed by atoms with Crippen molar-refractivity contribution in [2.75, 3.05) is 18.0 Å². The van der Waals surface area contributed by atoms with Gasteiger partial charge >= 0.3 is 0 Å². The van der Waals surface area contributed by atoms with Crippen molar-refractivity contribution in [2.45, 2.75) is 38.6 Å². The lowest BCUT2D eigenvalue weighted by Crippen LogP contribution is -2.58. The normalized spacial score (nSPS) is 22.1. The highest BCUT2D eigenvalue weighted by Crippen LogP contribution is 2.26. The molecule has 2 aromatic carbocycles. The fourth-order valence-electron chi connectivity index (χ4n) is 3.71. The first kappa shape index (κ1) is 18.0. The van der Waals surface area contributed by atoms with Crippen LogP contribution in [0.4, 0.5) is 5.69 Å². The molecule has 0 bridgehead atoms. The number of rotatable bonds is 4. The molecular formula is C20H26N2O2S. The Bertz CT molecular complexity index is 809. The summed E-state index contributed by atoms with van der Waals surface area (Å²) >= 11 is 0. The Kier molecular flexibility index (Phi) is 5.16. The van der Waals surface area contributed by atoms with Crippen molar-refractivity contribution in [1.82, 2.24) is 4.31 Å². The third kappa shape index (κ3) is 4.05. The first-order valence-electron chi connectivity index (χ1n) is 8.73. The predicted molar refractivity (Wildman–Crippen MR) is 103 cm³/mol. The average Bonchev–Trinajstić information content (AvgIpc) is 2.55. The van der Waals surface area contributed by atoms with Crippen LogP contribution in [0.2, 0.25) is 0 Å². The van der Waals surface area contributed by atoms with Crippen molar-refractivity contribution in [2.24, 2.45) is 0 Å². The average molecular weight is 359 g/mol. The monoisotopic (exact) mass is 358 g/mol. The lowest BCUT2D eigenvalue weighted by molar-refractivity contribution is 0.301. The van der Waals surface area contributed by atoms with Crippen LogP contribution in [0.1, 0.15) is 25.0 Å². The van der Waals surface area contributed by atoms with Gasteiger partial charge in [-0.2, -0.15) is 4.31 Å². The fraction of sp³-hybridized carbons (Fsp3) is 0.400. The zero-order valence-electron chi connectivity index (χ0n) is 15.1. The molecule has 2 atom stereocenters. The van der Waals surface area contributed by atoms with Crippen LogP contribution in [0.15, 0.2) is 54.6 Å². The van der Waals surface area contributed by atoms with Crippen LogP contribution < -0.4 is 4.90 Å². The molecule has 2 aromatic rings. The molecule has 1 saturated heterocycles. The molecule has 0 spiro atoms. The molecule has 0 aromatic heterocycles. The van der Waals surface area contributed by atoms with Crippen molar-refractivity contribution >= 4 is 15.7 Å². The molecule has 1 aliphatic heterocycles. The maximum atomic E-state index is 12.9. The van der Waals surface area contributed by atoms with Crippen LogP contribution in [0.3, 0.4) is 0 Å². The first-order valence-corrected chi connectivity index (χ1v) is 10.3. The SMILES string of the molecule is Cc1cccc(CS(=O)(=O)N2CC(C)N(c3ccccc3)C(C)C2)c1. The number of benzene rings is 2. The van der Waals surface area contributed by atoms with Crippen molar-refractivity contribution in [1.29, 1.82) is 0 Å². The molecule has 0 radical (unpaired) electrons. The summed E-state index contributed by atoms with van der Waals surface area (Å²) in [5, 5.41) is 0. The van der Waals surface area contributed by atoms with Crippen LogP contribution in [0, 0.1) is 6.92 Å². The molecule has 1 heterocycles. The second-order valence-electron chi connectivity index (χ2n) is 7.00. The van der Waals surface area contributed by atoms with Crippen LogP contribution in [0.5, 0.6) is 0 Å². The number of para-hydroxylation sites is 1. The van der Waals surface area contributed by atoms with Crippen LogP contribution >= 0.6 is 0 Å². The van der Waals surface area contributed by atoms with Crippen molar-refractivity contribution in [3.8, 4) is 0 Å². The Balaban J connectivity index is 1.76. The number of hydrogen-bond donors (Lipinski definition) is 0. The Morgan fingerprint density at radius 3 is 2.20 bits per heavy atom. The van der Waals surface area contributed by atoms with E-state index >= 15 is 0 Å². The number of nitrogens with zero attached hydrogens (tertiary/aromatic N) is 2. The molecule has 1 fully saturated rings. The van der Waals surface area contributed by atoms with Crippen molar-refractivity contribution in [3.05, 3.63) is 65.7 Å². The Labute approximate surface area is 151 Å². The van der Waals surface area contributed by atoms with Gasteiger partial charge in [0, 0.05) is 30.9 Å². The quantitative estimate of drug-likeness (QED) is 0.841. The highest BCUT2D eigenvalue weighted by Gasteiger charge is 2.35. The lowest BCUT2D eigenvalue weighted by atomic mass is 10.1. The van der Waals surface area contributed by atoms with Gasteiger partial charge in [0.1, 0.15) is 0 Å². The third-order valence-corrected chi connectivity index (χ3v) is 6.55. The van der Waals surface area contributed by atoms with E-state index in [4.69, 9.17) is 0 Å². The summed E-state index contributed by atoms with van der Waals surface area (Å²) in [5.41, 5.74) is 3.09. The Morgan fingerprint density at radius 1 is 0.960 bits per heavy atom. The summed E-state index contributed by atoms with van der Waals surface area (Å²) in [6.45, 7) is 7.22. The van der Waals surface area contributed by atoms with E-state index < -0.39 is 10.0 Å². The molecule has 3 rings (SSSR count). The molecule has 4 nitrogen and oxygen atoms in total. The molecule has 1 aliphatic rings. The molecule has 0 saturated carbocycles. The number of piperazine rings is 1. The molecular weight excluding hydrogens is 332 g/mol. The molecule has 0 N–H and O–H groups in total. The van der Waals surface area contributed by atoms with E-state index in [2.05, 4.69) is 30.9 Å². The smallest absolute Gasteiger partial charge is 0.218 e. The van der Waals surface area contributed by atoms with E-state index in [1.165, 1.54) is 0 Å². The highest BCUT2D eigenvalue weighted by molar-refractivity contribution is 7.88. The number of hydrogen-bond acceptors (Lipinski definition) is 3. The van der Waals surface area contributed by atoms with Gasteiger partial charge in [-0.15, -0.1) is 0 Å². The molecule has 0 aliphatic carbocycles. The Hall–Kier alpha value is -1.85. The van der Waals surface area contributed by atoms with Crippen LogP contribution in [0.25, 0.3) is 0 Å². The van der Waals surface area contributed by atoms with Crippen LogP contribution in [-0.2, 0) is 15.8 Å². The van der Waals surface area contributed by atoms with Gasteiger partial charge in [0.25, 0.3) is 0 Å². The van der Waals surface area contributed by atoms with E-state index in [0.717, 1.165) is 16.8 Å². The van der Waals surface area contributed by atoms with Gasteiger partial charge in [0.15, 0.2) is 0 Å². The van der Waals surface area contributed by atoms with Gasteiger partial charge in [-0.3, -0.25) is 0 Å². The number of anilines is 1. The van der Waals surface area contributed by atoms with E-state index in [-0.39, 0.29) is 17.8 Å².